The van der Waals surface area contributed by atoms with Gasteiger partial charge >= 0.3 is 0 Å². The van der Waals surface area contributed by atoms with E-state index in [0.717, 1.165) is 11.3 Å². The monoisotopic (exact) mass is 358 g/mol. The van der Waals surface area contributed by atoms with Crippen LogP contribution in [0.15, 0.2) is 35.6 Å². The van der Waals surface area contributed by atoms with Crippen molar-refractivity contribution in [3.63, 3.8) is 0 Å². The van der Waals surface area contributed by atoms with Crippen LogP contribution in [0.25, 0.3) is 11.3 Å². The van der Waals surface area contributed by atoms with Crippen molar-refractivity contribution in [2.24, 2.45) is 10.4 Å². The highest BCUT2D eigenvalue weighted by molar-refractivity contribution is 6.29. The van der Waals surface area contributed by atoms with Crippen LogP contribution in [0.4, 0.5) is 0 Å². The fraction of sp³-hybridized carbons (Fsp3) is 0.421. The Bertz CT molecular complexity index is 800. The first-order chi connectivity index (χ1) is 11.8. The molecule has 132 valence electrons. The Morgan fingerprint density at radius 1 is 1.20 bits per heavy atom. The van der Waals surface area contributed by atoms with Crippen molar-refractivity contribution in [2.75, 3.05) is 0 Å². The molecule has 0 spiro atoms. The fourth-order valence-corrected chi connectivity index (χ4v) is 3.25. The minimum absolute atomic E-state index is 0.00713. The summed E-state index contributed by atoms with van der Waals surface area (Å²) in [4.78, 5) is 18.4. The number of halogens is 1. The molecule has 0 bridgehead atoms. The van der Waals surface area contributed by atoms with Crippen molar-refractivity contribution in [3.8, 4) is 11.3 Å². The maximum Gasteiger partial charge on any atom is 0.198 e. The second kappa shape index (κ2) is 6.73. The molecule has 25 heavy (non-hydrogen) atoms. The van der Waals surface area contributed by atoms with Gasteiger partial charge in [0.2, 0.25) is 0 Å². The quantitative estimate of drug-likeness (QED) is 0.738. The molecule has 0 N–H and O–H groups in total. The Morgan fingerprint density at radius 3 is 2.60 bits per heavy atom. The summed E-state index contributed by atoms with van der Waals surface area (Å²) in [6, 6.07) is 8.14. The molecule has 2 atom stereocenters. The maximum absolute atomic E-state index is 5.97. The second-order valence-electron chi connectivity index (χ2n) is 7.43. The Morgan fingerprint density at radius 2 is 1.96 bits per heavy atom. The molecule has 1 unspecified atom stereocenters. The molecule has 6 heteroatoms. The highest BCUT2D eigenvalue weighted by atomic mass is 35.5. The van der Waals surface area contributed by atoms with Gasteiger partial charge in [-0.3, -0.25) is 0 Å². The van der Waals surface area contributed by atoms with Crippen LogP contribution in [-0.4, -0.2) is 27.6 Å². The van der Waals surface area contributed by atoms with Gasteiger partial charge in [0.1, 0.15) is 17.6 Å². The lowest BCUT2D eigenvalue weighted by molar-refractivity contribution is -0.137. The number of hydroxylamine groups is 2. The third kappa shape index (κ3) is 3.67. The van der Waals surface area contributed by atoms with Crippen molar-refractivity contribution in [3.05, 3.63) is 46.9 Å². The van der Waals surface area contributed by atoms with Gasteiger partial charge in [0.25, 0.3) is 0 Å². The smallest absolute Gasteiger partial charge is 0.198 e. The molecule has 2 heterocycles. The topological polar surface area (TPSA) is 50.6 Å². The molecule has 0 amide bonds. The first kappa shape index (κ1) is 17.8. The molecule has 0 aliphatic carbocycles. The lowest BCUT2D eigenvalue weighted by Crippen LogP contribution is -2.40. The fourth-order valence-electron chi connectivity index (χ4n) is 3.10. The standard InChI is InChI=1S/C19H23ClN4O/c1-12-8-14(16-9-17(20)22-10-21-16)6-7-15(12)13(2)24-18(19(3,4)5)23-11-25-24/h6-11,13,18H,1-5H3/t13?,18-/m1/s1. The van der Waals surface area contributed by atoms with E-state index in [-0.39, 0.29) is 17.6 Å². The van der Waals surface area contributed by atoms with E-state index < -0.39 is 0 Å². The Labute approximate surface area is 153 Å². The number of nitrogens with zero attached hydrogens (tertiary/aromatic N) is 4. The predicted molar refractivity (Wildman–Crippen MR) is 100 cm³/mol. The third-order valence-electron chi connectivity index (χ3n) is 4.42. The highest BCUT2D eigenvalue weighted by Crippen LogP contribution is 2.36. The van der Waals surface area contributed by atoms with E-state index in [9.17, 15) is 0 Å². The summed E-state index contributed by atoms with van der Waals surface area (Å²) < 4.78 is 0. The van der Waals surface area contributed by atoms with Crippen LogP contribution in [0, 0.1) is 12.3 Å². The van der Waals surface area contributed by atoms with Crippen LogP contribution in [0.1, 0.15) is 44.9 Å². The number of aryl methyl sites for hydroxylation is 1. The molecule has 0 radical (unpaired) electrons. The Kier molecular flexibility index (Phi) is 4.80. The number of hydrogen-bond donors (Lipinski definition) is 0. The molecule has 1 aromatic heterocycles. The zero-order valence-corrected chi connectivity index (χ0v) is 15.9. The maximum atomic E-state index is 5.97. The molecule has 1 aliphatic heterocycles. The molecule has 2 aromatic rings. The lowest BCUT2D eigenvalue weighted by Gasteiger charge is -2.35. The molecule has 1 aromatic carbocycles. The van der Waals surface area contributed by atoms with Crippen LogP contribution >= 0.6 is 11.6 Å². The normalized spacial score (nSPS) is 19.0. The van der Waals surface area contributed by atoms with Gasteiger partial charge in [-0.15, -0.1) is 5.06 Å². The zero-order valence-electron chi connectivity index (χ0n) is 15.2. The van der Waals surface area contributed by atoms with Crippen LogP contribution in [0.3, 0.4) is 0 Å². The van der Waals surface area contributed by atoms with Gasteiger partial charge < -0.3 is 4.84 Å². The third-order valence-corrected chi connectivity index (χ3v) is 4.62. The largest absolute Gasteiger partial charge is 0.391 e. The van der Waals surface area contributed by atoms with E-state index in [1.54, 1.807) is 12.5 Å². The minimum Gasteiger partial charge on any atom is -0.391 e. The number of benzene rings is 1. The average Bonchev–Trinajstić information content (AvgIpc) is 3.04. The molecular formula is C19H23ClN4O. The number of rotatable bonds is 3. The van der Waals surface area contributed by atoms with Gasteiger partial charge in [-0.25, -0.2) is 15.0 Å². The van der Waals surface area contributed by atoms with E-state index >= 15 is 0 Å². The van der Waals surface area contributed by atoms with Crippen molar-refractivity contribution >= 4 is 18.0 Å². The van der Waals surface area contributed by atoms with Gasteiger partial charge in [-0.2, -0.15) is 0 Å². The van der Waals surface area contributed by atoms with Gasteiger partial charge in [-0.05, 0) is 31.0 Å². The van der Waals surface area contributed by atoms with Crippen molar-refractivity contribution in [2.45, 2.75) is 46.8 Å². The summed E-state index contributed by atoms with van der Waals surface area (Å²) in [5, 5.41) is 2.40. The van der Waals surface area contributed by atoms with Gasteiger partial charge in [0.05, 0.1) is 11.7 Å². The van der Waals surface area contributed by atoms with E-state index in [1.165, 1.54) is 17.5 Å². The number of hydrogen-bond acceptors (Lipinski definition) is 5. The average molecular weight is 359 g/mol. The molecular weight excluding hydrogens is 336 g/mol. The molecule has 1 aliphatic rings. The predicted octanol–water partition coefficient (Wildman–Crippen LogP) is 4.81. The van der Waals surface area contributed by atoms with Crippen LogP contribution in [0.2, 0.25) is 5.15 Å². The van der Waals surface area contributed by atoms with Gasteiger partial charge in [0.15, 0.2) is 6.40 Å². The Hall–Kier alpha value is -1.98. The van der Waals surface area contributed by atoms with E-state index in [2.05, 4.69) is 67.8 Å². The Balaban J connectivity index is 1.88. The summed E-state index contributed by atoms with van der Waals surface area (Å²) in [6.07, 6.45) is 3.01. The van der Waals surface area contributed by atoms with Gasteiger partial charge in [-0.1, -0.05) is 44.5 Å². The van der Waals surface area contributed by atoms with E-state index in [1.807, 2.05) is 5.06 Å². The van der Waals surface area contributed by atoms with Crippen molar-refractivity contribution < 1.29 is 4.84 Å². The lowest BCUT2D eigenvalue weighted by atomic mass is 9.90. The SMILES string of the molecule is Cc1cc(-c2cc(Cl)ncn2)ccc1C(C)N1OC=N[C@H]1C(C)(C)C. The molecule has 3 rings (SSSR count). The first-order valence-corrected chi connectivity index (χ1v) is 8.70. The van der Waals surface area contributed by atoms with Crippen LogP contribution < -0.4 is 0 Å². The summed E-state index contributed by atoms with van der Waals surface area (Å²) in [6.45, 7) is 10.7. The molecule has 0 saturated carbocycles. The first-order valence-electron chi connectivity index (χ1n) is 8.32. The van der Waals surface area contributed by atoms with Gasteiger partial charge in [0, 0.05) is 17.0 Å². The number of aromatic nitrogens is 2. The molecule has 0 saturated heterocycles. The summed E-state index contributed by atoms with van der Waals surface area (Å²) in [5.74, 6) is 0. The van der Waals surface area contributed by atoms with Crippen LogP contribution in [0.5, 0.6) is 0 Å². The van der Waals surface area contributed by atoms with Crippen LogP contribution in [-0.2, 0) is 4.84 Å². The second-order valence-corrected chi connectivity index (χ2v) is 7.82. The van der Waals surface area contributed by atoms with E-state index in [0.29, 0.717) is 5.15 Å². The number of aliphatic imine (C=N–C) groups is 1. The van der Waals surface area contributed by atoms with E-state index in [4.69, 9.17) is 16.4 Å². The minimum atomic E-state index is -0.0118. The molecule has 0 fully saturated rings. The summed E-state index contributed by atoms with van der Waals surface area (Å²) in [7, 11) is 0. The zero-order chi connectivity index (χ0) is 18.2. The van der Waals surface area contributed by atoms with Crippen molar-refractivity contribution in [1.82, 2.24) is 15.0 Å². The highest BCUT2D eigenvalue weighted by Gasteiger charge is 2.38. The summed E-state index contributed by atoms with van der Waals surface area (Å²) >= 11 is 5.97. The van der Waals surface area contributed by atoms with Crippen molar-refractivity contribution in [1.29, 1.82) is 0 Å². The molecule has 5 nitrogen and oxygen atoms in total. The summed E-state index contributed by atoms with van der Waals surface area (Å²) in [5.41, 5.74) is 4.19.